The summed E-state index contributed by atoms with van der Waals surface area (Å²) in [5.41, 5.74) is -0.614. The molecular formula is C21H22F8O4. The predicted octanol–water partition coefficient (Wildman–Crippen LogP) is 6.76. The second-order valence-electron chi connectivity index (χ2n) is 7.30. The van der Waals surface area contributed by atoms with Gasteiger partial charge in [0, 0.05) is 6.42 Å². The van der Waals surface area contributed by atoms with Crippen LogP contribution in [-0.2, 0) is 9.59 Å². The summed E-state index contributed by atoms with van der Waals surface area (Å²) >= 11 is 0. The standard InChI is InChI=1S/C13H16O2.C8H6F8O2/c14-13(15)12(11-7-3-4-8-11)9-10-5-1-2-6-10;1-2-6(11,12)8(15,16)7(13,14)3(4(9)10)5(17)18/h5,7,9H,1-4,6,8H2,(H,14,15);2H2,1H3,(H,17,18). The molecule has 33 heavy (non-hydrogen) atoms. The minimum atomic E-state index is -6.26. The molecule has 0 heterocycles. The average molecular weight is 490 g/mol. The fraction of sp³-hybridized carbons (Fsp3) is 0.524. The summed E-state index contributed by atoms with van der Waals surface area (Å²) in [5, 5.41) is 17.1. The van der Waals surface area contributed by atoms with Gasteiger partial charge in [-0.15, -0.1) is 0 Å². The van der Waals surface area contributed by atoms with Crippen LogP contribution in [0.1, 0.15) is 51.9 Å². The lowest BCUT2D eigenvalue weighted by molar-refractivity contribution is -0.296. The molecule has 4 nitrogen and oxygen atoms in total. The molecule has 0 aliphatic heterocycles. The molecule has 0 amide bonds. The Morgan fingerprint density at radius 2 is 1.48 bits per heavy atom. The Kier molecular flexibility index (Phi) is 9.43. The molecule has 2 aliphatic rings. The van der Waals surface area contributed by atoms with Gasteiger partial charge in [-0.25, -0.2) is 9.59 Å². The lowest BCUT2D eigenvalue weighted by Crippen LogP contribution is -2.55. The monoisotopic (exact) mass is 490 g/mol. The number of aliphatic carboxylic acids is 2. The summed E-state index contributed by atoms with van der Waals surface area (Å²) in [6.07, 6.45) is 6.97. The predicted molar refractivity (Wildman–Crippen MR) is 102 cm³/mol. The molecule has 0 aromatic rings. The van der Waals surface area contributed by atoms with Gasteiger partial charge >= 0.3 is 29.7 Å². The van der Waals surface area contributed by atoms with Crippen LogP contribution in [0.15, 0.2) is 46.6 Å². The Bertz CT molecular complexity index is 881. The van der Waals surface area contributed by atoms with E-state index in [9.17, 15) is 44.7 Å². The maximum Gasteiger partial charge on any atom is 0.376 e. The lowest BCUT2D eigenvalue weighted by atomic mass is 9.96. The smallest absolute Gasteiger partial charge is 0.376 e. The Labute approximate surface area is 184 Å². The van der Waals surface area contributed by atoms with E-state index in [1.54, 1.807) is 0 Å². The highest BCUT2D eigenvalue weighted by Crippen LogP contribution is 2.51. The molecule has 0 radical (unpaired) electrons. The number of allylic oxidation sites excluding steroid dienone is 4. The molecule has 0 saturated heterocycles. The first-order valence-electron chi connectivity index (χ1n) is 9.86. The van der Waals surface area contributed by atoms with Crippen molar-refractivity contribution in [1.29, 1.82) is 0 Å². The number of hydrogen-bond acceptors (Lipinski definition) is 2. The van der Waals surface area contributed by atoms with Crippen molar-refractivity contribution in [3.63, 3.8) is 0 Å². The van der Waals surface area contributed by atoms with Gasteiger partial charge in [-0.1, -0.05) is 24.6 Å². The summed E-state index contributed by atoms with van der Waals surface area (Å²) in [7, 11) is 0. The highest BCUT2D eigenvalue weighted by Gasteiger charge is 2.73. The third-order valence-electron chi connectivity index (χ3n) is 5.04. The van der Waals surface area contributed by atoms with Crippen molar-refractivity contribution in [3.05, 3.63) is 46.6 Å². The van der Waals surface area contributed by atoms with Crippen LogP contribution >= 0.6 is 0 Å². The molecule has 2 rings (SSSR count). The van der Waals surface area contributed by atoms with E-state index in [4.69, 9.17) is 10.2 Å². The zero-order valence-corrected chi connectivity index (χ0v) is 17.4. The second kappa shape index (κ2) is 11.0. The van der Waals surface area contributed by atoms with Crippen LogP contribution in [0.2, 0.25) is 0 Å². The molecule has 2 aliphatic carbocycles. The molecular weight excluding hydrogens is 468 g/mol. The van der Waals surface area contributed by atoms with E-state index >= 15 is 0 Å². The van der Waals surface area contributed by atoms with Gasteiger partial charge in [-0.3, -0.25) is 0 Å². The first-order valence-corrected chi connectivity index (χ1v) is 9.86. The van der Waals surface area contributed by atoms with Crippen molar-refractivity contribution in [2.45, 2.75) is 69.6 Å². The van der Waals surface area contributed by atoms with Crippen LogP contribution in [0, 0.1) is 0 Å². The molecule has 0 fully saturated rings. The normalized spacial score (nSPS) is 17.1. The number of alkyl halides is 6. The number of carboxylic acids is 2. The highest BCUT2D eigenvalue weighted by atomic mass is 19.3. The number of hydrogen-bond donors (Lipinski definition) is 2. The minimum absolute atomic E-state index is 0.417. The van der Waals surface area contributed by atoms with Gasteiger partial charge in [0.15, 0.2) is 5.57 Å². The van der Waals surface area contributed by atoms with Crippen LogP contribution in [0.25, 0.3) is 0 Å². The van der Waals surface area contributed by atoms with Gasteiger partial charge in [0.25, 0.3) is 6.08 Å². The van der Waals surface area contributed by atoms with Crippen molar-refractivity contribution in [2.75, 3.05) is 0 Å². The molecule has 0 bridgehead atoms. The quantitative estimate of drug-likeness (QED) is 0.291. The third kappa shape index (κ3) is 6.44. The van der Waals surface area contributed by atoms with E-state index in [-0.39, 0.29) is 0 Å². The maximum atomic E-state index is 12.9. The summed E-state index contributed by atoms with van der Waals surface area (Å²) in [4.78, 5) is 21.2. The lowest BCUT2D eigenvalue weighted by Gasteiger charge is -2.31. The zero-order chi connectivity index (χ0) is 25.6. The maximum absolute atomic E-state index is 12.9. The van der Waals surface area contributed by atoms with Gasteiger partial charge in [-0.2, -0.15) is 35.1 Å². The van der Waals surface area contributed by atoms with E-state index in [1.807, 2.05) is 6.08 Å². The average Bonchev–Trinajstić information content (AvgIpc) is 3.39. The number of carboxylic acid groups (broad SMARTS) is 2. The van der Waals surface area contributed by atoms with Crippen LogP contribution in [0.4, 0.5) is 35.1 Å². The molecule has 12 heteroatoms. The molecule has 0 unspecified atom stereocenters. The van der Waals surface area contributed by atoms with Crippen molar-refractivity contribution in [2.24, 2.45) is 0 Å². The van der Waals surface area contributed by atoms with Crippen molar-refractivity contribution >= 4 is 11.9 Å². The summed E-state index contributed by atoms with van der Waals surface area (Å²) in [6.45, 7) is 0.417. The molecule has 2 N–H and O–H groups in total. The van der Waals surface area contributed by atoms with Gasteiger partial charge in [0.2, 0.25) is 0 Å². The molecule has 0 aromatic heterocycles. The van der Waals surface area contributed by atoms with Crippen LogP contribution in [-0.4, -0.2) is 39.9 Å². The number of carbonyl (C=O) groups is 2. The van der Waals surface area contributed by atoms with Crippen molar-refractivity contribution in [1.82, 2.24) is 0 Å². The molecule has 0 atom stereocenters. The Balaban J connectivity index is 0.000000334. The fourth-order valence-electron chi connectivity index (χ4n) is 3.16. The Morgan fingerprint density at radius 3 is 1.85 bits per heavy atom. The Morgan fingerprint density at radius 1 is 0.939 bits per heavy atom. The SMILES string of the molecule is CCC(F)(F)C(F)(F)C(F)(F)C(C(=O)O)=C(F)F.O=C(O)C(=CC1=CCCC1)C1=CCCC1. The van der Waals surface area contributed by atoms with E-state index in [0.717, 1.165) is 44.1 Å². The van der Waals surface area contributed by atoms with Gasteiger partial charge in [-0.05, 0) is 50.2 Å². The largest absolute Gasteiger partial charge is 0.478 e. The summed E-state index contributed by atoms with van der Waals surface area (Å²) in [5.74, 6) is -21.7. The number of rotatable bonds is 8. The van der Waals surface area contributed by atoms with Crippen molar-refractivity contribution < 1.29 is 54.9 Å². The second-order valence-corrected chi connectivity index (χ2v) is 7.30. The minimum Gasteiger partial charge on any atom is -0.478 e. The molecule has 0 spiro atoms. The van der Waals surface area contributed by atoms with Gasteiger partial charge < -0.3 is 10.2 Å². The first kappa shape index (κ1) is 28.4. The van der Waals surface area contributed by atoms with Crippen LogP contribution in [0.5, 0.6) is 0 Å². The zero-order valence-electron chi connectivity index (χ0n) is 17.4. The van der Waals surface area contributed by atoms with E-state index in [1.165, 1.54) is 5.57 Å². The van der Waals surface area contributed by atoms with E-state index in [0.29, 0.717) is 12.5 Å². The number of halogens is 8. The van der Waals surface area contributed by atoms with Crippen LogP contribution in [0.3, 0.4) is 0 Å². The first-order chi connectivity index (χ1) is 15.1. The van der Waals surface area contributed by atoms with E-state index < -0.39 is 47.8 Å². The van der Waals surface area contributed by atoms with Gasteiger partial charge in [0.05, 0.1) is 5.57 Å². The van der Waals surface area contributed by atoms with E-state index in [2.05, 4.69) is 12.2 Å². The molecule has 0 aromatic carbocycles. The summed E-state index contributed by atoms with van der Waals surface area (Å²) in [6, 6.07) is 0. The molecule has 186 valence electrons. The highest BCUT2D eigenvalue weighted by molar-refractivity contribution is 5.92. The third-order valence-corrected chi connectivity index (χ3v) is 5.04. The fourth-order valence-corrected chi connectivity index (χ4v) is 3.16. The van der Waals surface area contributed by atoms with Gasteiger partial charge in [0.1, 0.15) is 0 Å². The van der Waals surface area contributed by atoms with Crippen molar-refractivity contribution in [3.8, 4) is 0 Å². The summed E-state index contributed by atoms with van der Waals surface area (Å²) < 4.78 is 101. The van der Waals surface area contributed by atoms with Crippen LogP contribution < -0.4 is 0 Å². The topological polar surface area (TPSA) is 74.6 Å². The molecule has 0 saturated carbocycles. The Hall–Kier alpha value is -2.66.